The summed E-state index contributed by atoms with van der Waals surface area (Å²) in [6.45, 7) is 0.304. The second-order valence-electron chi connectivity index (χ2n) is 6.09. The van der Waals surface area contributed by atoms with Crippen LogP contribution in [-0.4, -0.2) is 22.6 Å². The van der Waals surface area contributed by atoms with Crippen LogP contribution in [0.15, 0.2) is 75.0 Å². The van der Waals surface area contributed by atoms with Crippen molar-refractivity contribution in [2.75, 3.05) is 6.54 Å². The van der Waals surface area contributed by atoms with Crippen LogP contribution in [0.5, 0.6) is 0 Å². The fourth-order valence-electron chi connectivity index (χ4n) is 2.91. The number of amides is 2. The molecule has 5 nitrogen and oxygen atoms in total. The smallest absolute Gasteiger partial charge is 0.293 e. The van der Waals surface area contributed by atoms with Gasteiger partial charge in [0.2, 0.25) is 0 Å². The Balaban J connectivity index is 1.58. The Bertz CT molecular complexity index is 1120. The lowest BCUT2D eigenvalue weighted by molar-refractivity contribution is -0.122. The van der Waals surface area contributed by atoms with Crippen LogP contribution in [0, 0.1) is 0 Å². The summed E-state index contributed by atoms with van der Waals surface area (Å²) >= 11 is 0.844. The minimum Gasteiger partial charge on any atom is -0.463 e. The third-order valence-electron chi connectivity index (χ3n) is 4.33. The molecule has 1 saturated heterocycles. The average Bonchev–Trinajstić information content (AvgIpc) is 2.96. The van der Waals surface area contributed by atoms with Crippen molar-refractivity contribution in [3.63, 3.8) is 0 Å². The molecular weight excluding hydrogens is 362 g/mol. The van der Waals surface area contributed by atoms with Crippen LogP contribution >= 0.6 is 11.8 Å². The van der Waals surface area contributed by atoms with Crippen molar-refractivity contribution in [3.05, 3.63) is 87.1 Å². The van der Waals surface area contributed by atoms with Crippen LogP contribution in [0.3, 0.4) is 0 Å². The number of benzene rings is 2. The van der Waals surface area contributed by atoms with E-state index in [4.69, 9.17) is 4.42 Å². The standard InChI is InChI=1S/C21H15NO4S/c23-19-15(13-26-17-9-5-4-8-16(17)19)12-18-20(24)22(21(25)27-18)11-10-14-6-2-1-3-7-14/h1-9,12-13H,10-11H2/b18-12-. The Morgan fingerprint density at radius 3 is 2.52 bits per heavy atom. The molecule has 1 aromatic heterocycles. The zero-order valence-corrected chi connectivity index (χ0v) is 15.1. The third-order valence-corrected chi connectivity index (χ3v) is 5.24. The van der Waals surface area contributed by atoms with E-state index in [0.717, 1.165) is 17.3 Å². The van der Waals surface area contributed by atoms with Crippen molar-refractivity contribution >= 4 is 40.0 Å². The van der Waals surface area contributed by atoms with Crippen LogP contribution < -0.4 is 5.43 Å². The topological polar surface area (TPSA) is 67.6 Å². The SMILES string of the molecule is O=C1S/C(=C\c2coc3ccccc3c2=O)C(=O)N1CCc1ccccc1. The molecule has 0 aliphatic carbocycles. The maximum atomic E-state index is 12.6. The fourth-order valence-corrected chi connectivity index (χ4v) is 3.77. The largest absolute Gasteiger partial charge is 0.463 e. The van der Waals surface area contributed by atoms with E-state index >= 15 is 0 Å². The van der Waals surface area contributed by atoms with Crippen molar-refractivity contribution in [2.45, 2.75) is 6.42 Å². The molecule has 0 N–H and O–H groups in total. The Kier molecular flexibility index (Phi) is 4.64. The summed E-state index contributed by atoms with van der Waals surface area (Å²) in [5, 5.41) is 0.113. The number of hydrogen-bond acceptors (Lipinski definition) is 5. The van der Waals surface area contributed by atoms with Gasteiger partial charge in [0.15, 0.2) is 5.43 Å². The lowest BCUT2D eigenvalue weighted by Crippen LogP contribution is -2.30. The van der Waals surface area contributed by atoms with E-state index in [9.17, 15) is 14.4 Å². The molecule has 27 heavy (non-hydrogen) atoms. The van der Waals surface area contributed by atoms with Crippen molar-refractivity contribution in [2.24, 2.45) is 0 Å². The maximum Gasteiger partial charge on any atom is 0.293 e. The summed E-state index contributed by atoms with van der Waals surface area (Å²) in [5.41, 5.74) is 1.56. The molecule has 4 rings (SSSR count). The Hall–Kier alpha value is -3.12. The van der Waals surface area contributed by atoms with Crippen LogP contribution in [-0.2, 0) is 11.2 Å². The quantitative estimate of drug-likeness (QED) is 0.641. The Labute approximate surface area is 159 Å². The van der Waals surface area contributed by atoms with Crippen molar-refractivity contribution in [1.82, 2.24) is 4.90 Å². The molecule has 0 bridgehead atoms. The van der Waals surface area contributed by atoms with E-state index < -0.39 is 0 Å². The van der Waals surface area contributed by atoms with Gasteiger partial charge in [0, 0.05) is 6.54 Å². The van der Waals surface area contributed by atoms with Crippen molar-refractivity contribution < 1.29 is 14.0 Å². The van der Waals surface area contributed by atoms with Gasteiger partial charge >= 0.3 is 0 Å². The zero-order chi connectivity index (χ0) is 18.8. The number of thioether (sulfide) groups is 1. The van der Waals surface area contributed by atoms with Gasteiger partial charge in [-0.25, -0.2) is 0 Å². The summed E-state index contributed by atoms with van der Waals surface area (Å²) in [7, 11) is 0. The number of nitrogens with zero attached hydrogens (tertiary/aromatic N) is 1. The van der Waals surface area contributed by atoms with Gasteiger partial charge in [-0.15, -0.1) is 0 Å². The summed E-state index contributed by atoms with van der Waals surface area (Å²) < 4.78 is 5.46. The summed E-state index contributed by atoms with van der Waals surface area (Å²) in [6.07, 6.45) is 3.35. The molecule has 0 radical (unpaired) electrons. The van der Waals surface area contributed by atoms with E-state index in [-0.39, 0.29) is 27.0 Å². The van der Waals surface area contributed by atoms with Gasteiger partial charge in [-0.2, -0.15) is 0 Å². The van der Waals surface area contributed by atoms with Gasteiger partial charge in [0.1, 0.15) is 11.8 Å². The molecule has 1 fully saturated rings. The van der Waals surface area contributed by atoms with Crippen LogP contribution in [0.1, 0.15) is 11.1 Å². The molecule has 134 valence electrons. The number of rotatable bonds is 4. The average molecular weight is 377 g/mol. The van der Waals surface area contributed by atoms with Crippen LogP contribution in [0.25, 0.3) is 17.0 Å². The van der Waals surface area contributed by atoms with E-state index in [2.05, 4.69) is 0 Å². The number of para-hydroxylation sites is 1. The first-order valence-electron chi connectivity index (χ1n) is 8.43. The number of hydrogen-bond donors (Lipinski definition) is 0. The minimum absolute atomic E-state index is 0.229. The molecule has 0 spiro atoms. The van der Waals surface area contributed by atoms with Crippen molar-refractivity contribution in [1.29, 1.82) is 0 Å². The Morgan fingerprint density at radius 1 is 0.963 bits per heavy atom. The van der Waals surface area contributed by atoms with E-state index in [1.807, 2.05) is 30.3 Å². The molecule has 6 heteroatoms. The minimum atomic E-state index is -0.381. The van der Waals surface area contributed by atoms with Gasteiger partial charge in [-0.3, -0.25) is 19.3 Å². The number of carbonyl (C=O) groups is 2. The molecule has 2 amide bonds. The first kappa shape index (κ1) is 17.3. The van der Waals surface area contributed by atoms with Crippen LogP contribution in [0.4, 0.5) is 4.79 Å². The molecule has 0 atom stereocenters. The molecule has 1 aliphatic heterocycles. The first-order valence-corrected chi connectivity index (χ1v) is 9.25. The molecule has 1 aliphatic rings. The summed E-state index contributed by atoms with van der Waals surface area (Å²) in [4.78, 5) is 38.8. The molecule has 0 unspecified atom stereocenters. The first-order chi connectivity index (χ1) is 13.1. The highest BCUT2D eigenvalue weighted by molar-refractivity contribution is 8.18. The van der Waals surface area contributed by atoms with Gasteiger partial charge in [-0.05, 0) is 42.0 Å². The van der Waals surface area contributed by atoms with Gasteiger partial charge in [0.25, 0.3) is 11.1 Å². The van der Waals surface area contributed by atoms with Gasteiger partial charge in [0.05, 0.1) is 15.9 Å². The highest BCUT2D eigenvalue weighted by Gasteiger charge is 2.34. The molecule has 0 saturated carbocycles. The molecule has 2 heterocycles. The second-order valence-corrected chi connectivity index (χ2v) is 7.08. The fraction of sp³-hybridized carbons (Fsp3) is 0.0952. The molecule has 2 aromatic carbocycles. The predicted octanol–water partition coefficient (Wildman–Crippen LogP) is 4.07. The normalized spacial score (nSPS) is 15.9. The maximum absolute atomic E-state index is 12.6. The lowest BCUT2D eigenvalue weighted by atomic mass is 10.1. The molecular formula is C21H15NO4S. The van der Waals surface area contributed by atoms with Crippen molar-refractivity contribution in [3.8, 4) is 0 Å². The number of carbonyl (C=O) groups excluding carboxylic acids is 2. The predicted molar refractivity (Wildman–Crippen MR) is 105 cm³/mol. The zero-order valence-electron chi connectivity index (χ0n) is 14.3. The van der Waals surface area contributed by atoms with E-state index in [0.29, 0.717) is 23.9 Å². The van der Waals surface area contributed by atoms with Crippen LogP contribution in [0.2, 0.25) is 0 Å². The summed E-state index contributed by atoms with van der Waals surface area (Å²) in [6, 6.07) is 16.6. The van der Waals surface area contributed by atoms with Gasteiger partial charge < -0.3 is 4.42 Å². The summed E-state index contributed by atoms with van der Waals surface area (Å²) in [5.74, 6) is -0.381. The highest BCUT2D eigenvalue weighted by atomic mass is 32.2. The van der Waals surface area contributed by atoms with Gasteiger partial charge in [-0.1, -0.05) is 42.5 Å². The number of fused-ring (bicyclic) bond motifs is 1. The molecule has 3 aromatic rings. The highest BCUT2D eigenvalue weighted by Crippen LogP contribution is 2.32. The monoisotopic (exact) mass is 377 g/mol. The number of imide groups is 1. The second kappa shape index (κ2) is 7.25. The Morgan fingerprint density at radius 2 is 1.70 bits per heavy atom. The lowest BCUT2D eigenvalue weighted by Gasteiger charge is -2.12. The third kappa shape index (κ3) is 3.44. The van der Waals surface area contributed by atoms with E-state index in [1.54, 1.807) is 24.3 Å². The van der Waals surface area contributed by atoms with E-state index in [1.165, 1.54) is 17.2 Å².